The van der Waals surface area contributed by atoms with E-state index in [1.165, 1.54) is 80.0 Å². The first-order valence-electron chi connectivity index (χ1n) is 16.7. The van der Waals surface area contributed by atoms with E-state index in [-0.39, 0.29) is 0 Å². The summed E-state index contributed by atoms with van der Waals surface area (Å²) in [5, 5.41) is 0. The molecule has 0 amide bonds. The van der Waals surface area contributed by atoms with Gasteiger partial charge in [-0.1, -0.05) is 103 Å². The summed E-state index contributed by atoms with van der Waals surface area (Å²) in [6, 6.07) is 17.7. The SMILES string of the molecule is CCCCCCOc1cc(C)ccc1-c1cc(OCCCCCC)c(-c2ccc(C)cc2OCCCCCC)cc1C. The Bertz CT molecular complexity index is 1210. The third kappa shape index (κ3) is 10.4. The van der Waals surface area contributed by atoms with Crippen molar-refractivity contribution in [2.24, 2.45) is 0 Å². The number of benzene rings is 3. The van der Waals surface area contributed by atoms with Gasteiger partial charge in [-0.05, 0) is 86.6 Å². The Labute approximate surface area is 257 Å². The number of ether oxygens (including phenoxy) is 3. The summed E-state index contributed by atoms with van der Waals surface area (Å²) >= 11 is 0. The van der Waals surface area contributed by atoms with Crippen molar-refractivity contribution in [2.45, 2.75) is 119 Å². The molecule has 3 heteroatoms. The molecule has 0 aliphatic rings. The summed E-state index contributed by atoms with van der Waals surface area (Å²) in [5.41, 5.74) is 8.13. The van der Waals surface area contributed by atoms with Crippen molar-refractivity contribution in [3.05, 3.63) is 65.2 Å². The highest BCUT2D eigenvalue weighted by Gasteiger charge is 2.18. The highest BCUT2D eigenvalue weighted by molar-refractivity contribution is 5.83. The highest BCUT2D eigenvalue weighted by atomic mass is 16.5. The van der Waals surface area contributed by atoms with Gasteiger partial charge in [0.2, 0.25) is 0 Å². The lowest BCUT2D eigenvalue weighted by molar-refractivity contribution is 0.301. The van der Waals surface area contributed by atoms with Gasteiger partial charge in [0.15, 0.2) is 0 Å². The van der Waals surface area contributed by atoms with Gasteiger partial charge in [0.05, 0.1) is 19.8 Å². The second kappa shape index (κ2) is 18.6. The molecule has 0 aliphatic carbocycles. The molecule has 0 fully saturated rings. The first kappa shape index (κ1) is 33.6. The minimum Gasteiger partial charge on any atom is -0.493 e. The Kier molecular flexibility index (Phi) is 14.8. The van der Waals surface area contributed by atoms with E-state index in [1.54, 1.807) is 0 Å². The van der Waals surface area contributed by atoms with Crippen LogP contribution in [-0.4, -0.2) is 19.8 Å². The van der Waals surface area contributed by atoms with Crippen LogP contribution in [0.25, 0.3) is 22.3 Å². The van der Waals surface area contributed by atoms with E-state index in [9.17, 15) is 0 Å². The molecule has 0 aliphatic heterocycles. The lowest BCUT2D eigenvalue weighted by Gasteiger charge is -2.20. The van der Waals surface area contributed by atoms with Crippen LogP contribution in [0.5, 0.6) is 17.2 Å². The van der Waals surface area contributed by atoms with Gasteiger partial charge in [-0.3, -0.25) is 0 Å². The summed E-state index contributed by atoms with van der Waals surface area (Å²) in [6.45, 7) is 15.4. The van der Waals surface area contributed by atoms with E-state index in [2.05, 4.69) is 90.1 Å². The zero-order valence-corrected chi connectivity index (χ0v) is 27.5. The second-order valence-electron chi connectivity index (χ2n) is 11.9. The van der Waals surface area contributed by atoms with E-state index in [0.717, 1.165) is 66.4 Å². The highest BCUT2D eigenvalue weighted by Crippen LogP contribution is 2.43. The van der Waals surface area contributed by atoms with Crippen LogP contribution in [0, 0.1) is 20.8 Å². The Morgan fingerprint density at radius 1 is 0.405 bits per heavy atom. The van der Waals surface area contributed by atoms with Crippen LogP contribution < -0.4 is 14.2 Å². The molecule has 3 aromatic rings. The Balaban J connectivity index is 1.99. The number of hydrogen-bond donors (Lipinski definition) is 0. The summed E-state index contributed by atoms with van der Waals surface area (Å²) in [5.74, 6) is 2.82. The quantitative estimate of drug-likeness (QED) is 0.126. The van der Waals surface area contributed by atoms with Crippen LogP contribution in [0.2, 0.25) is 0 Å². The molecule has 0 radical (unpaired) electrons. The molecule has 3 rings (SSSR count). The van der Waals surface area contributed by atoms with Gasteiger partial charge in [-0.25, -0.2) is 0 Å². The molecular weight excluding hydrogens is 516 g/mol. The molecule has 0 spiro atoms. The van der Waals surface area contributed by atoms with Crippen molar-refractivity contribution in [1.29, 1.82) is 0 Å². The molecular formula is C39H56O3. The molecule has 3 nitrogen and oxygen atoms in total. The smallest absolute Gasteiger partial charge is 0.127 e. The summed E-state index contributed by atoms with van der Waals surface area (Å²) in [6.07, 6.45) is 14.3. The zero-order valence-electron chi connectivity index (χ0n) is 27.5. The van der Waals surface area contributed by atoms with Gasteiger partial charge in [0, 0.05) is 16.7 Å². The summed E-state index contributed by atoms with van der Waals surface area (Å²) in [7, 11) is 0. The van der Waals surface area contributed by atoms with Crippen LogP contribution in [-0.2, 0) is 0 Å². The van der Waals surface area contributed by atoms with Crippen LogP contribution in [0.3, 0.4) is 0 Å². The average Bonchev–Trinajstić information content (AvgIpc) is 2.98. The van der Waals surface area contributed by atoms with Gasteiger partial charge < -0.3 is 14.2 Å². The fourth-order valence-corrected chi connectivity index (χ4v) is 5.38. The van der Waals surface area contributed by atoms with E-state index >= 15 is 0 Å². The zero-order chi connectivity index (χ0) is 30.2. The van der Waals surface area contributed by atoms with Gasteiger partial charge in [-0.15, -0.1) is 0 Å². The van der Waals surface area contributed by atoms with Crippen LogP contribution in [0.4, 0.5) is 0 Å². The molecule has 0 unspecified atom stereocenters. The first-order valence-corrected chi connectivity index (χ1v) is 16.7. The van der Waals surface area contributed by atoms with Crippen LogP contribution in [0.15, 0.2) is 48.5 Å². The maximum absolute atomic E-state index is 6.59. The van der Waals surface area contributed by atoms with E-state index < -0.39 is 0 Å². The van der Waals surface area contributed by atoms with Gasteiger partial charge in [0.25, 0.3) is 0 Å². The van der Waals surface area contributed by atoms with Crippen molar-refractivity contribution in [3.63, 3.8) is 0 Å². The topological polar surface area (TPSA) is 27.7 Å². The first-order chi connectivity index (χ1) is 20.5. The van der Waals surface area contributed by atoms with Crippen molar-refractivity contribution in [1.82, 2.24) is 0 Å². The second-order valence-corrected chi connectivity index (χ2v) is 11.9. The Morgan fingerprint density at radius 3 is 1.24 bits per heavy atom. The lowest BCUT2D eigenvalue weighted by Crippen LogP contribution is -2.03. The summed E-state index contributed by atoms with van der Waals surface area (Å²) < 4.78 is 19.4. The average molecular weight is 573 g/mol. The molecule has 3 aromatic carbocycles. The molecule has 0 aromatic heterocycles. The normalized spacial score (nSPS) is 11.1. The number of aryl methyl sites for hydroxylation is 3. The van der Waals surface area contributed by atoms with E-state index in [0.29, 0.717) is 6.61 Å². The molecule has 0 N–H and O–H groups in total. The number of hydrogen-bond acceptors (Lipinski definition) is 3. The molecule has 0 saturated carbocycles. The van der Waals surface area contributed by atoms with Gasteiger partial charge in [-0.2, -0.15) is 0 Å². The van der Waals surface area contributed by atoms with Gasteiger partial charge in [0.1, 0.15) is 17.2 Å². The largest absolute Gasteiger partial charge is 0.493 e. The molecule has 230 valence electrons. The van der Waals surface area contributed by atoms with Crippen LogP contribution in [0.1, 0.15) is 115 Å². The van der Waals surface area contributed by atoms with E-state index in [1.807, 2.05) is 0 Å². The third-order valence-corrected chi connectivity index (χ3v) is 7.95. The molecule has 0 heterocycles. The number of unbranched alkanes of at least 4 members (excludes halogenated alkanes) is 9. The lowest BCUT2D eigenvalue weighted by atomic mass is 9.93. The number of rotatable bonds is 20. The third-order valence-electron chi connectivity index (χ3n) is 7.95. The minimum atomic E-state index is 0.712. The monoisotopic (exact) mass is 572 g/mol. The molecule has 0 atom stereocenters. The van der Waals surface area contributed by atoms with Gasteiger partial charge >= 0.3 is 0 Å². The fourth-order valence-electron chi connectivity index (χ4n) is 5.38. The Morgan fingerprint density at radius 2 is 0.810 bits per heavy atom. The Hall–Kier alpha value is -2.94. The predicted octanol–water partition coefficient (Wildman–Crippen LogP) is 11.8. The van der Waals surface area contributed by atoms with Crippen molar-refractivity contribution < 1.29 is 14.2 Å². The molecule has 0 saturated heterocycles. The van der Waals surface area contributed by atoms with Crippen molar-refractivity contribution in [2.75, 3.05) is 19.8 Å². The standard InChI is InChI=1S/C39H56O3/c1-7-10-13-16-23-40-37-26-30(4)19-21-33(37)35-29-39(42-25-18-15-12-9-3)36(28-32(35)6)34-22-20-31(5)27-38(34)41-24-17-14-11-8-2/h19-22,26-29H,7-18,23-25H2,1-6H3. The minimum absolute atomic E-state index is 0.712. The van der Waals surface area contributed by atoms with Crippen molar-refractivity contribution >= 4 is 0 Å². The molecule has 42 heavy (non-hydrogen) atoms. The molecule has 0 bridgehead atoms. The summed E-state index contributed by atoms with van der Waals surface area (Å²) in [4.78, 5) is 0. The predicted molar refractivity (Wildman–Crippen MR) is 180 cm³/mol. The fraction of sp³-hybridized carbons (Fsp3) is 0.538. The van der Waals surface area contributed by atoms with Crippen LogP contribution >= 0.6 is 0 Å². The maximum Gasteiger partial charge on any atom is 0.127 e. The van der Waals surface area contributed by atoms with E-state index in [4.69, 9.17) is 14.2 Å². The maximum atomic E-state index is 6.59. The van der Waals surface area contributed by atoms with Crippen molar-refractivity contribution in [3.8, 4) is 39.5 Å².